The molecule has 2 nitrogen and oxygen atoms in total. The van der Waals surface area contributed by atoms with E-state index in [9.17, 15) is 0 Å². The van der Waals surface area contributed by atoms with Crippen LogP contribution in [-0.4, -0.2) is 6.61 Å². The van der Waals surface area contributed by atoms with Gasteiger partial charge < -0.3 is 9.47 Å². The van der Waals surface area contributed by atoms with E-state index in [0.717, 1.165) is 18.4 Å². The Morgan fingerprint density at radius 1 is 1.05 bits per heavy atom. The number of hydrogen-bond acceptors (Lipinski definition) is 2. The van der Waals surface area contributed by atoms with Crippen LogP contribution >= 0.6 is 0 Å². The highest BCUT2D eigenvalue weighted by Gasteiger charge is 2.42. The molecule has 0 radical (unpaired) electrons. The molecule has 1 aliphatic heterocycles. The van der Waals surface area contributed by atoms with E-state index in [1.165, 1.54) is 5.56 Å². The van der Waals surface area contributed by atoms with Crippen LogP contribution in [0.4, 0.5) is 0 Å². The summed E-state index contributed by atoms with van der Waals surface area (Å²) in [5.41, 5.74) is 2.34. The van der Waals surface area contributed by atoms with Gasteiger partial charge in [0.05, 0.1) is 6.10 Å². The minimum Gasteiger partial charge on any atom is -0.346 e. The number of ether oxygens (including phenoxy) is 2. The fourth-order valence-corrected chi connectivity index (χ4v) is 2.90. The summed E-state index contributed by atoms with van der Waals surface area (Å²) in [7, 11) is 0. The van der Waals surface area contributed by atoms with E-state index in [1.807, 2.05) is 31.2 Å². The summed E-state index contributed by atoms with van der Waals surface area (Å²) in [6.45, 7) is 2.67. The maximum atomic E-state index is 6.34. The molecule has 0 bridgehead atoms. The predicted molar refractivity (Wildman–Crippen MR) is 79.2 cm³/mol. The molecular formula is C18H20O2. The van der Waals surface area contributed by atoms with E-state index in [-0.39, 0.29) is 6.10 Å². The highest BCUT2D eigenvalue weighted by Crippen LogP contribution is 2.46. The summed E-state index contributed by atoms with van der Waals surface area (Å²) < 4.78 is 12.3. The quantitative estimate of drug-likeness (QED) is 0.816. The molecule has 2 aromatic rings. The Hall–Kier alpha value is -1.64. The molecule has 20 heavy (non-hydrogen) atoms. The maximum absolute atomic E-state index is 6.34. The molecule has 2 atom stereocenters. The Kier molecular flexibility index (Phi) is 3.86. The van der Waals surface area contributed by atoms with Crippen molar-refractivity contribution in [2.45, 2.75) is 31.7 Å². The van der Waals surface area contributed by atoms with Gasteiger partial charge in [-0.15, -0.1) is 0 Å². The van der Waals surface area contributed by atoms with Gasteiger partial charge >= 0.3 is 0 Å². The van der Waals surface area contributed by atoms with Crippen molar-refractivity contribution in [2.24, 2.45) is 0 Å². The number of hydrogen-bond donors (Lipinski definition) is 0. The molecule has 1 aliphatic rings. The van der Waals surface area contributed by atoms with Gasteiger partial charge in [-0.3, -0.25) is 0 Å². The van der Waals surface area contributed by atoms with Gasteiger partial charge in [-0.25, -0.2) is 0 Å². The lowest BCUT2D eigenvalue weighted by molar-refractivity contribution is -0.235. The minimum atomic E-state index is -0.587. The minimum absolute atomic E-state index is 0.114. The zero-order valence-electron chi connectivity index (χ0n) is 11.8. The lowest BCUT2D eigenvalue weighted by atomic mass is 10.0. The van der Waals surface area contributed by atoms with Crippen LogP contribution in [0.2, 0.25) is 0 Å². The van der Waals surface area contributed by atoms with Gasteiger partial charge in [-0.05, 0) is 18.9 Å². The van der Waals surface area contributed by atoms with Gasteiger partial charge in [-0.2, -0.15) is 0 Å². The van der Waals surface area contributed by atoms with Crippen LogP contribution in [-0.2, 0) is 15.3 Å². The van der Waals surface area contributed by atoms with Crippen molar-refractivity contribution in [1.82, 2.24) is 0 Å². The molecule has 1 fully saturated rings. The lowest BCUT2D eigenvalue weighted by Gasteiger charge is -2.30. The Bertz CT molecular complexity index is 538. The third-order valence-corrected chi connectivity index (χ3v) is 3.83. The first-order chi connectivity index (χ1) is 9.84. The van der Waals surface area contributed by atoms with E-state index in [2.05, 4.69) is 36.4 Å². The number of benzene rings is 2. The van der Waals surface area contributed by atoms with Crippen LogP contribution in [0.15, 0.2) is 60.7 Å². The maximum Gasteiger partial charge on any atom is 0.195 e. The Morgan fingerprint density at radius 2 is 1.70 bits per heavy atom. The van der Waals surface area contributed by atoms with Gasteiger partial charge in [-0.1, -0.05) is 60.7 Å². The fourth-order valence-electron chi connectivity index (χ4n) is 2.90. The standard InChI is InChI=1S/C18H20O2/c1-2-19-18(16-11-7-4-8-12-16)14-13-17(20-18)15-9-5-3-6-10-15/h3-12,17H,2,13-14H2,1H3. The summed E-state index contributed by atoms with van der Waals surface area (Å²) in [6, 6.07) is 20.7. The van der Waals surface area contributed by atoms with Crippen molar-refractivity contribution < 1.29 is 9.47 Å². The van der Waals surface area contributed by atoms with Crippen LogP contribution < -0.4 is 0 Å². The van der Waals surface area contributed by atoms with Crippen molar-refractivity contribution in [2.75, 3.05) is 6.61 Å². The van der Waals surface area contributed by atoms with Gasteiger partial charge in [0.1, 0.15) is 0 Å². The summed E-state index contributed by atoms with van der Waals surface area (Å²) >= 11 is 0. The summed E-state index contributed by atoms with van der Waals surface area (Å²) in [6.07, 6.45) is 1.99. The number of rotatable bonds is 4. The molecule has 0 aromatic heterocycles. The Labute approximate surface area is 120 Å². The van der Waals surface area contributed by atoms with E-state index in [0.29, 0.717) is 6.61 Å². The average molecular weight is 268 g/mol. The monoisotopic (exact) mass is 268 g/mol. The first kappa shape index (κ1) is 13.3. The molecule has 2 heteroatoms. The van der Waals surface area contributed by atoms with Crippen molar-refractivity contribution in [3.63, 3.8) is 0 Å². The largest absolute Gasteiger partial charge is 0.346 e. The molecule has 0 amide bonds. The molecule has 1 heterocycles. The molecule has 0 saturated carbocycles. The molecule has 3 rings (SSSR count). The SMILES string of the molecule is CCOC1(c2ccccc2)CCC(c2ccccc2)O1. The zero-order chi connectivity index (χ0) is 13.8. The first-order valence-electron chi connectivity index (χ1n) is 7.26. The molecule has 2 aromatic carbocycles. The second-order valence-electron chi connectivity index (χ2n) is 5.11. The van der Waals surface area contributed by atoms with E-state index in [4.69, 9.17) is 9.47 Å². The topological polar surface area (TPSA) is 18.5 Å². The highest BCUT2D eigenvalue weighted by atomic mass is 16.7. The third kappa shape index (κ3) is 2.49. The molecule has 0 spiro atoms. The van der Waals surface area contributed by atoms with Crippen LogP contribution in [0, 0.1) is 0 Å². The molecule has 0 N–H and O–H groups in total. The van der Waals surface area contributed by atoms with E-state index < -0.39 is 5.79 Å². The zero-order valence-corrected chi connectivity index (χ0v) is 11.8. The Morgan fingerprint density at radius 3 is 2.35 bits per heavy atom. The third-order valence-electron chi connectivity index (χ3n) is 3.83. The van der Waals surface area contributed by atoms with Crippen LogP contribution in [0.1, 0.15) is 37.0 Å². The molecule has 1 saturated heterocycles. The highest BCUT2D eigenvalue weighted by molar-refractivity contribution is 5.24. The van der Waals surface area contributed by atoms with Crippen LogP contribution in [0.25, 0.3) is 0 Å². The van der Waals surface area contributed by atoms with Gasteiger partial charge in [0.2, 0.25) is 0 Å². The average Bonchev–Trinajstić information content (AvgIpc) is 2.95. The second kappa shape index (κ2) is 5.78. The van der Waals surface area contributed by atoms with Crippen LogP contribution in [0.3, 0.4) is 0 Å². The van der Waals surface area contributed by atoms with Crippen molar-refractivity contribution in [1.29, 1.82) is 0 Å². The second-order valence-corrected chi connectivity index (χ2v) is 5.11. The molecular weight excluding hydrogens is 248 g/mol. The van der Waals surface area contributed by atoms with Gasteiger partial charge in [0.15, 0.2) is 5.79 Å². The van der Waals surface area contributed by atoms with Crippen molar-refractivity contribution in [3.05, 3.63) is 71.8 Å². The van der Waals surface area contributed by atoms with Gasteiger partial charge in [0.25, 0.3) is 0 Å². The normalized spacial score (nSPS) is 25.8. The van der Waals surface area contributed by atoms with Crippen molar-refractivity contribution in [3.8, 4) is 0 Å². The summed E-state index contributed by atoms with van der Waals surface area (Å²) in [5.74, 6) is -0.587. The summed E-state index contributed by atoms with van der Waals surface area (Å²) in [5, 5.41) is 0. The molecule has 0 aliphatic carbocycles. The summed E-state index contributed by atoms with van der Waals surface area (Å²) in [4.78, 5) is 0. The predicted octanol–water partition coefficient (Wildman–Crippen LogP) is 4.43. The van der Waals surface area contributed by atoms with E-state index in [1.54, 1.807) is 0 Å². The van der Waals surface area contributed by atoms with Crippen molar-refractivity contribution >= 4 is 0 Å². The van der Waals surface area contributed by atoms with Gasteiger partial charge in [0, 0.05) is 18.6 Å². The van der Waals surface area contributed by atoms with Crippen LogP contribution in [0.5, 0.6) is 0 Å². The lowest BCUT2D eigenvalue weighted by Crippen LogP contribution is -2.29. The molecule has 2 unspecified atom stereocenters. The Balaban J connectivity index is 1.87. The first-order valence-corrected chi connectivity index (χ1v) is 7.26. The fraction of sp³-hybridized carbons (Fsp3) is 0.333. The smallest absolute Gasteiger partial charge is 0.195 e. The molecule has 104 valence electrons. The van der Waals surface area contributed by atoms with E-state index >= 15 is 0 Å².